The Morgan fingerprint density at radius 2 is 2.29 bits per heavy atom. The van der Waals surface area contributed by atoms with Crippen LogP contribution in [0.3, 0.4) is 0 Å². The maximum Gasteiger partial charge on any atom is 0.282 e. The van der Waals surface area contributed by atoms with E-state index in [1.54, 1.807) is 11.8 Å². The molecule has 1 aromatic rings. The zero-order valence-corrected chi connectivity index (χ0v) is 9.99. The highest BCUT2D eigenvalue weighted by atomic mass is 32.2. The highest BCUT2D eigenvalue weighted by Crippen LogP contribution is 2.22. The zero-order chi connectivity index (χ0) is 12.8. The van der Waals surface area contributed by atoms with Crippen LogP contribution in [0.1, 0.15) is 10.4 Å². The topological polar surface area (TPSA) is 92.5 Å². The van der Waals surface area contributed by atoms with E-state index in [2.05, 4.69) is 5.32 Å². The number of aromatic hydroxyl groups is 1. The summed E-state index contributed by atoms with van der Waals surface area (Å²) in [5, 5.41) is 22.5. The van der Waals surface area contributed by atoms with Crippen LogP contribution in [0.4, 0.5) is 5.69 Å². The molecule has 1 rings (SSSR count). The Morgan fingerprint density at radius 1 is 1.59 bits per heavy atom. The van der Waals surface area contributed by atoms with Gasteiger partial charge in [-0.05, 0) is 18.4 Å². The first kappa shape index (κ1) is 13.3. The molecule has 0 spiro atoms. The smallest absolute Gasteiger partial charge is 0.282 e. The Morgan fingerprint density at radius 3 is 2.88 bits per heavy atom. The number of rotatable bonds is 5. The zero-order valence-electron chi connectivity index (χ0n) is 9.17. The Balaban J connectivity index is 2.90. The molecule has 0 saturated heterocycles. The molecule has 0 saturated carbocycles. The lowest BCUT2D eigenvalue weighted by molar-refractivity contribution is -0.385. The van der Waals surface area contributed by atoms with Crippen LogP contribution in [0.5, 0.6) is 5.75 Å². The average molecular weight is 256 g/mol. The molecular formula is C10H12N2O4S. The number of phenolic OH excluding ortho intramolecular Hbond substituents is 1. The predicted molar refractivity (Wildman–Crippen MR) is 65.5 cm³/mol. The fraction of sp³-hybridized carbons (Fsp3) is 0.300. The summed E-state index contributed by atoms with van der Waals surface area (Å²) in [6, 6.07) is 3.38. The van der Waals surface area contributed by atoms with Gasteiger partial charge in [0.05, 0.1) is 4.92 Å². The summed E-state index contributed by atoms with van der Waals surface area (Å²) in [4.78, 5) is 21.7. The number of nitrogens with one attached hydrogen (secondary N) is 1. The van der Waals surface area contributed by atoms with Gasteiger partial charge in [-0.15, -0.1) is 0 Å². The summed E-state index contributed by atoms with van der Waals surface area (Å²) < 4.78 is 0. The van der Waals surface area contributed by atoms with Crippen LogP contribution in [0, 0.1) is 10.1 Å². The van der Waals surface area contributed by atoms with Gasteiger partial charge in [0.25, 0.3) is 11.6 Å². The summed E-state index contributed by atoms with van der Waals surface area (Å²) >= 11 is 1.55. The van der Waals surface area contributed by atoms with Crippen LogP contribution in [0.25, 0.3) is 0 Å². The van der Waals surface area contributed by atoms with Crippen molar-refractivity contribution in [1.82, 2.24) is 5.32 Å². The molecule has 0 aliphatic carbocycles. The summed E-state index contributed by atoms with van der Waals surface area (Å²) in [7, 11) is 0. The van der Waals surface area contributed by atoms with Crippen molar-refractivity contribution in [2.75, 3.05) is 18.6 Å². The van der Waals surface area contributed by atoms with Crippen LogP contribution in [0.15, 0.2) is 18.2 Å². The molecule has 0 bridgehead atoms. The van der Waals surface area contributed by atoms with E-state index in [4.69, 9.17) is 0 Å². The van der Waals surface area contributed by atoms with Gasteiger partial charge >= 0.3 is 0 Å². The first-order chi connectivity index (χ1) is 8.06. The molecule has 0 radical (unpaired) electrons. The van der Waals surface area contributed by atoms with E-state index in [1.165, 1.54) is 6.07 Å². The quantitative estimate of drug-likeness (QED) is 0.472. The molecule has 0 fully saturated rings. The van der Waals surface area contributed by atoms with Gasteiger partial charge in [-0.25, -0.2) is 0 Å². The number of carbonyl (C=O) groups excluding carboxylic acids is 1. The van der Waals surface area contributed by atoms with Crippen molar-refractivity contribution in [1.29, 1.82) is 0 Å². The van der Waals surface area contributed by atoms with E-state index in [0.717, 1.165) is 17.9 Å². The molecule has 2 N–H and O–H groups in total. The third kappa shape index (κ3) is 3.63. The number of amides is 1. The van der Waals surface area contributed by atoms with Crippen molar-refractivity contribution in [3.05, 3.63) is 33.9 Å². The van der Waals surface area contributed by atoms with Crippen LogP contribution in [-0.2, 0) is 0 Å². The highest BCUT2D eigenvalue weighted by molar-refractivity contribution is 7.98. The molecule has 0 aliphatic heterocycles. The van der Waals surface area contributed by atoms with Gasteiger partial charge in [-0.3, -0.25) is 14.9 Å². The van der Waals surface area contributed by atoms with Gasteiger partial charge in [-0.1, -0.05) is 0 Å². The van der Waals surface area contributed by atoms with Crippen molar-refractivity contribution in [3.8, 4) is 5.75 Å². The number of benzene rings is 1. The van der Waals surface area contributed by atoms with E-state index in [0.29, 0.717) is 6.54 Å². The van der Waals surface area contributed by atoms with Crippen LogP contribution < -0.4 is 5.32 Å². The number of nitrogens with zero attached hydrogens (tertiary/aromatic N) is 1. The Labute approximate surface area is 102 Å². The molecule has 1 amide bonds. The lowest BCUT2D eigenvalue weighted by Gasteiger charge is -2.05. The van der Waals surface area contributed by atoms with E-state index < -0.39 is 10.8 Å². The third-order valence-corrected chi connectivity index (χ3v) is 2.63. The fourth-order valence-electron chi connectivity index (χ4n) is 1.23. The van der Waals surface area contributed by atoms with Crippen LogP contribution in [-0.4, -0.2) is 34.5 Å². The first-order valence-electron chi connectivity index (χ1n) is 4.80. The van der Waals surface area contributed by atoms with Crippen molar-refractivity contribution in [3.63, 3.8) is 0 Å². The SMILES string of the molecule is CSCCNC(=O)c1cc(O)ccc1[N+](=O)[O-]. The Bertz CT molecular complexity index is 436. The average Bonchev–Trinajstić information content (AvgIpc) is 2.28. The summed E-state index contributed by atoms with van der Waals surface area (Å²) in [5.74, 6) is -0.00879. The van der Waals surface area contributed by atoms with Gasteiger partial charge in [0.2, 0.25) is 0 Å². The van der Waals surface area contributed by atoms with E-state index in [1.807, 2.05) is 6.26 Å². The minimum absolute atomic E-state index is 0.129. The highest BCUT2D eigenvalue weighted by Gasteiger charge is 2.20. The van der Waals surface area contributed by atoms with Crippen molar-refractivity contribution < 1.29 is 14.8 Å². The maximum absolute atomic E-state index is 11.7. The molecule has 0 aliphatic rings. The van der Waals surface area contributed by atoms with Gasteiger partial charge < -0.3 is 10.4 Å². The predicted octanol–water partition coefficient (Wildman–Crippen LogP) is 1.39. The monoisotopic (exact) mass is 256 g/mol. The molecule has 7 heteroatoms. The van der Waals surface area contributed by atoms with Crippen molar-refractivity contribution >= 4 is 23.4 Å². The van der Waals surface area contributed by atoms with Gasteiger partial charge in [0.15, 0.2) is 0 Å². The molecular weight excluding hydrogens is 244 g/mol. The third-order valence-electron chi connectivity index (χ3n) is 2.01. The second kappa shape index (κ2) is 6.09. The number of nitro benzene ring substituents is 1. The molecule has 17 heavy (non-hydrogen) atoms. The normalized spacial score (nSPS) is 9.94. The maximum atomic E-state index is 11.7. The van der Waals surface area contributed by atoms with Crippen LogP contribution >= 0.6 is 11.8 Å². The second-order valence-corrected chi connectivity index (χ2v) is 4.19. The van der Waals surface area contributed by atoms with E-state index in [-0.39, 0.29) is 17.0 Å². The van der Waals surface area contributed by atoms with Crippen LogP contribution in [0.2, 0.25) is 0 Å². The number of thioether (sulfide) groups is 1. The molecule has 1 aromatic carbocycles. The molecule has 0 heterocycles. The van der Waals surface area contributed by atoms with Gasteiger partial charge in [0.1, 0.15) is 11.3 Å². The standard InChI is InChI=1S/C10H12N2O4S/c1-17-5-4-11-10(14)8-6-7(13)2-3-9(8)12(15)16/h2-3,6,13H,4-5H2,1H3,(H,11,14). The van der Waals surface area contributed by atoms with Crippen molar-refractivity contribution in [2.24, 2.45) is 0 Å². The summed E-state index contributed by atoms with van der Waals surface area (Å²) in [6.07, 6.45) is 1.89. The lowest BCUT2D eigenvalue weighted by Crippen LogP contribution is -2.26. The number of hydrogen-bond donors (Lipinski definition) is 2. The van der Waals surface area contributed by atoms with E-state index >= 15 is 0 Å². The number of nitro groups is 1. The lowest BCUT2D eigenvalue weighted by atomic mass is 10.1. The summed E-state index contributed by atoms with van der Waals surface area (Å²) in [5.41, 5.74) is -0.444. The molecule has 6 nitrogen and oxygen atoms in total. The van der Waals surface area contributed by atoms with Gasteiger partial charge in [-0.2, -0.15) is 11.8 Å². The molecule has 92 valence electrons. The molecule has 0 unspecified atom stereocenters. The second-order valence-electron chi connectivity index (χ2n) is 3.21. The number of phenols is 1. The summed E-state index contributed by atoms with van der Waals surface area (Å²) in [6.45, 7) is 0.423. The van der Waals surface area contributed by atoms with Crippen molar-refractivity contribution in [2.45, 2.75) is 0 Å². The van der Waals surface area contributed by atoms with Gasteiger partial charge in [0, 0.05) is 18.4 Å². The fourth-order valence-corrected chi connectivity index (χ4v) is 1.53. The first-order valence-corrected chi connectivity index (χ1v) is 6.20. The minimum atomic E-state index is -0.650. The largest absolute Gasteiger partial charge is 0.508 e. The van der Waals surface area contributed by atoms with E-state index in [9.17, 15) is 20.0 Å². The molecule has 0 aromatic heterocycles. The Hall–Kier alpha value is -1.76. The Kier molecular flexibility index (Phi) is 4.77. The molecule has 0 atom stereocenters. The minimum Gasteiger partial charge on any atom is -0.508 e. The number of hydrogen-bond acceptors (Lipinski definition) is 5. The number of carbonyl (C=O) groups is 1.